The molecule has 1 aromatic rings. The van der Waals surface area contributed by atoms with Crippen molar-refractivity contribution in [1.82, 2.24) is 5.32 Å². The summed E-state index contributed by atoms with van der Waals surface area (Å²) in [4.78, 5) is 1.33. The number of thiophene rings is 1. The molecule has 1 fully saturated rings. The van der Waals surface area contributed by atoms with Crippen LogP contribution in [-0.2, 0) is 6.54 Å². The molecule has 0 radical (unpaired) electrons. The van der Waals surface area contributed by atoms with E-state index in [1.165, 1.54) is 11.3 Å². The molecule has 0 amide bonds. The molecule has 0 aromatic carbocycles. The fourth-order valence-corrected chi connectivity index (χ4v) is 2.51. The van der Waals surface area contributed by atoms with E-state index in [9.17, 15) is 0 Å². The van der Waals surface area contributed by atoms with Crippen molar-refractivity contribution in [2.45, 2.75) is 32.9 Å². The quantitative estimate of drug-likeness (QED) is 0.816. The third-order valence-electron chi connectivity index (χ3n) is 2.66. The summed E-state index contributed by atoms with van der Waals surface area (Å²) in [5, 5.41) is 6.37. The second kappa shape index (κ2) is 3.26. The van der Waals surface area contributed by atoms with Crippen molar-refractivity contribution in [3.63, 3.8) is 0 Å². The first-order valence-electron chi connectivity index (χ1n) is 4.54. The molecule has 1 unspecified atom stereocenters. The third-order valence-corrected chi connectivity index (χ3v) is 3.94. The molecular formula is C10H14ClNS. The van der Waals surface area contributed by atoms with Crippen LogP contribution in [-0.4, -0.2) is 6.04 Å². The van der Waals surface area contributed by atoms with E-state index in [2.05, 4.69) is 19.2 Å². The van der Waals surface area contributed by atoms with Crippen LogP contribution in [0.25, 0.3) is 0 Å². The lowest BCUT2D eigenvalue weighted by Gasteiger charge is -2.04. The van der Waals surface area contributed by atoms with Gasteiger partial charge in [-0.25, -0.2) is 0 Å². The molecule has 1 nitrogen and oxygen atoms in total. The SMILES string of the molecule is CC1(C)CC1NCc1cc(Cl)cs1. The van der Waals surface area contributed by atoms with Crippen LogP contribution >= 0.6 is 22.9 Å². The molecule has 0 saturated heterocycles. The highest BCUT2D eigenvalue weighted by molar-refractivity contribution is 7.10. The Hall–Kier alpha value is -0.0500. The minimum atomic E-state index is 0.515. The van der Waals surface area contributed by atoms with Crippen LogP contribution in [0.3, 0.4) is 0 Å². The minimum absolute atomic E-state index is 0.515. The monoisotopic (exact) mass is 215 g/mol. The number of halogens is 1. The predicted octanol–water partition coefficient (Wildman–Crippen LogP) is 3.29. The van der Waals surface area contributed by atoms with Gasteiger partial charge in [0, 0.05) is 22.8 Å². The molecule has 1 aromatic heterocycles. The van der Waals surface area contributed by atoms with Gasteiger partial charge in [-0.1, -0.05) is 25.4 Å². The predicted molar refractivity (Wildman–Crippen MR) is 58.4 cm³/mol. The Labute approximate surface area is 88.1 Å². The van der Waals surface area contributed by atoms with Crippen molar-refractivity contribution in [2.75, 3.05) is 0 Å². The van der Waals surface area contributed by atoms with E-state index in [4.69, 9.17) is 11.6 Å². The molecular weight excluding hydrogens is 202 g/mol. The number of hydrogen-bond donors (Lipinski definition) is 1. The van der Waals surface area contributed by atoms with E-state index in [1.807, 2.05) is 11.4 Å². The van der Waals surface area contributed by atoms with Gasteiger partial charge in [0.25, 0.3) is 0 Å². The second-order valence-electron chi connectivity index (χ2n) is 4.36. The molecule has 0 aliphatic heterocycles. The van der Waals surface area contributed by atoms with Crippen molar-refractivity contribution in [1.29, 1.82) is 0 Å². The Balaban J connectivity index is 1.81. The topological polar surface area (TPSA) is 12.0 Å². The highest BCUT2D eigenvalue weighted by Gasteiger charge is 2.44. The van der Waals surface area contributed by atoms with Gasteiger partial charge in [0.1, 0.15) is 0 Å². The Morgan fingerprint density at radius 3 is 2.85 bits per heavy atom. The van der Waals surface area contributed by atoms with Gasteiger partial charge in [0.15, 0.2) is 0 Å². The summed E-state index contributed by atoms with van der Waals surface area (Å²) in [6.45, 7) is 5.56. The van der Waals surface area contributed by atoms with E-state index in [0.29, 0.717) is 11.5 Å². The number of rotatable bonds is 3. The summed E-state index contributed by atoms with van der Waals surface area (Å²) in [6, 6.07) is 2.74. The summed E-state index contributed by atoms with van der Waals surface area (Å²) in [5.74, 6) is 0. The van der Waals surface area contributed by atoms with Crippen LogP contribution in [0, 0.1) is 5.41 Å². The maximum atomic E-state index is 5.83. The lowest BCUT2D eigenvalue weighted by molar-refractivity contribution is 0.544. The molecule has 1 aliphatic carbocycles. The molecule has 1 heterocycles. The van der Waals surface area contributed by atoms with Crippen LogP contribution in [0.1, 0.15) is 25.1 Å². The Morgan fingerprint density at radius 1 is 1.69 bits per heavy atom. The summed E-state index contributed by atoms with van der Waals surface area (Å²) in [5.41, 5.74) is 0.515. The number of hydrogen-bond acceptors (Lipinski definition) is 2. The van der Waals surface area contributed by atoms with Crippen LogP contribution in [0.4, 0.5) is 0 Å². The molecule has 1 aliphatic rings. The Kier molecular flexibility index (Phi) is 2.39. The fraction of sp³-hybridized carbons (Fsp3) is 0.600. The smallest absolute Gasteiger partial charge is 0.0516 e. The van der Waals surface area contributed by atoms with Crippen LogP contribution < -0.4 is 5.32 Å². The maximum Gasteiger partial charge on any atom is 0.0516 e. The van der Waals surface area contributed by atoms with Gasteiger partial charge in [-0.3, -0.25) is 0 Å². The van der Waals surface area contributed by atoms with Gasteiger partial charge in [-0.05, 0) is 17.9 Å². The van der Waals surface area contributed by atoms with E-state index in [1.54, 1.807) is 11.3 Å². The lowest BCUT2D eigenvalue weighted by atomic mass is 10.2. The first-order valence-corrected chi connectivity index (χ1v) is 5.80. The van der Waals surface area contributed by atoms with Gasteiger partial charge in [0.05, 0.1) is 5.02 Å². The first kappa shape index (κ1) is 9.50. The second-order valence-corrected chi connectivity index (χ2v) is 5.79. The number of nitrogens with one attached hydrogen (secondary N) is 1. The van der Waals surface area contributed by atoms with E-state index in [-0.39, 0.29) is 0 Å². The van der Waals surface area contributed by atoms with Crippen molar-refractivity contribution in [3.05, 3.63) is 21.3 Å². The highest BCUT2D eigenvalue weighted by Crippen LogP contribution is 2.44. The fourth-order valence-electron chi connectivity index (χ4n) is 1.49. The average Bonchev–Trinajstić information content (AvgIpc) is 2.45. The highest BCUT2D eigenvalue weighted by atomic mass is 35.5. The van der Waals surface area contributed by atoms with E-state index in [0.717, 1.165) is 11.6 Å². The van der Waals surface area contributed by atoms with Crippen molar-refractivity contribution in [2.24, 2.45) is 5.41 Å². The van der Waals surface area contributed by atoms with E-state index < -0.39 is 0 Å². The maximum absolute atomic E-state index is 5.83. The molecule has 1 atom stereocenters. The van der Waals surface area contributed by atoms with Gasteiger partial charge >= 0.3 is 0 Å². The first-order chi connectivity index (χ1) is 6.08. The zero-order chi connectivity index (χ0) is 9.47. The Bertz CT molecular complexity index is 306. The van der Waals surface area contributed by atoms with Gasteiger partial charge in [-0.2, -0.15) is 0 Å². The molecule has 1 N–H and O–H groups in total. The van der Waals surface area contributed by atoms with Gasteiger partial charge in [-0.15, -0.1) is 11.3 Å². The van der Waals surface area contributed by atoms with Crippen molar-refractivity contribution >= 4 is 22.9 Å². The van der Waals surface area contributed by atoms with Crippen LogP contribution in [0.5, 0.6) is 0 Å². The van der Waals surface area contributed by atoms with Gasteiger partial charge < -0.3 is 5.32 Å². The zero-order valence-corrected chi connectivity index (χ0v) is 9.50. The molecule has 72 valence electrons. The zero-order valence-electron chi connectivity index (χ0n) is 7.93. The largest absolute Gasteiger partial charge is 0.309 e. The van der Waals surface area contributed by atoms with Crippen LogP contribution in [0.15, 0.2) is 11.4 Å². The van der Waals surface area contributed by atoms with Gasteiger partial charge in [0.2, 0.25) is 0 Å². The standard InChI is InChI=1S/C10H14ClNS/c1-10(2)4-9(10)12-5-8-3-7(11)6-13-8/h3,6,9,12H,4-5H2,1-2H3. The molecule has 0 spiro atoms. The summed E-state index contributed by atoms with van der Waals surface area (Å²) in [7, 11) is 0. The summed E-state index contributed by atoms with van der Waals surface area (Å²) >= 11 is 7.56. The average molecular weight is 216 g/mol. The van der Waals surface area contributed by atoms with Crippen molar-refractivity contribution < 1.29 is 0 Å². The molecule has 3 heteroatoms. The van der Waals surface area contributed by atoms with Crippen molar-refractivity contribution in [3.8, 4) is 0 Å². The normalized spacial score (nSPS) is 24.7. The minimum Gasteiger partial charge on any atom is -0.309 e. The molecule has 2 rings (SSSR count). The lowest BCUT2D eigenvalue weighted by Crippen LogP contribution is -2.19. The summed E-state index contributed by atoms with van der Waals surface area (Å²) in [6.07, 6.45) is 1.30. The molecule has 13 heavy (non-hydrogen) atoms. The summed E-state index contributed by atoms with van der Waals surface area (Å²) < 4.78 is 0. The third kappa shape index (κ3) is 2.25. The Morgan fingerprint density at radius 2 is 2.38 bits per heavy atom. The molecule has 0 bridgehead atoms. The van der Waals surface area contributed by atoms with Crippen LogP contribution in [0.2, 0.25) is 5.02 Å². The molecule has 1 saturated carbocycles. The van der Waals surface area contributed by atoms with E-state index >= 15 is 0 Å².